The van der Waals surface area contributed by atoms with Gasteiger partial charge in [-0.15, -0.1) is 0 Å². The van der Waals surface area contributed by atoms with Crippen LogP contribution in [-0.2, 0) is 26.6 Å². The molecule has 0 aromatic carbocycles. The maximum atomic E-state index is 4.48. The van der Waals surface area contributed by atoms with Crippen LogP contribution < -0.4 is 5.32 Å². The van der Waals surface area contributed by atoms with Crippen LogP contribution in [0.3, 0.4) is 0 Å². The van der Waals surface area contributed by atoms with E-state index in [-0.39, 0.29) is 0 Å². The molecule has 0 atom stereocenters. The summed E-state index contributed by atoms with van der Waals surface area (Å²) >= 11 is 0. The second-order valence-corrected chi connectivity index (χ2v) is 5.49. The number of aryl methyl sites for hydroxylation is 2. The Kier molecular flexibility index (Phi) is 4.89. The van der Waals surface area contributed by atoms with Crippen molar-refractivity contribution in [2.45, 2.75) is 40.3 Å². The van der Waals surface area contributed by atoms with Gasteiger partial charge in [-0.3, -0.25) is 4.68 Å². The average Bonchev–Trinajstić information content (AvgIpc) is 2.97. The van der Waals surface area contributed by atoms with Crippen LogP contribution in [-0.4, -0.2) is 31.1 Å². The van der Waals surface area contributed by atoms with Gasteiger partial charge < -0.3 is 5.32 Å². The van der Waals surface area contributed by atoms with Crippen molar-refractivity contribution >= 4 is 0 Å². The summed E-state index contributed by atoms with van der Waals surface area (Å²) in [4.78, 5) is 4.33. The number of rotatable bonds is 7. The highest BCUT2D eigenvalue weighted by Crippen LogP contribution is 2.05. The first kappa shape index (κ1) is 14.7. The van der Waals surface area contributed by atoms with Gasteiger partial charge in [0.2, 0.25) is 0 Å². The van der Waals surface area contributed by atoms with Crippen LogP contribution in [0.15, 0.2) is 12.4 Å². The summed E-state index contributed by atoms with van der Waals surface area (Å²) in [5, 5.41) is 12.3. The van der Waals surface area contributed by atoms with Gasteiger partial charge in [0, 0.05) is 7.05 Å². The molecule has 0 aliphatic rings. The molecule has 2 aromatic rings. The third-order valence-electron chi connectivity index (χ3n) is 3.13. The lowest BCUT2D eigenvalue weighted by molar-refractivity contribution is 0.538. The van der Waals surface area contributed by atoms with E-state index in [1.54, 1.807) is 6.33 Å². The molecule has 2 aromatic heterocycles. The lowest BCUT2D eigenvalue weighted by Gasteiger charge is -2.04. The molecule has 0 aliphatic heterocycles. The standard InChI is InChI=1S/C14H24N6/c1-5-12-6-13(19(4)17-12)9-20-10-16-14(18-20)8-15-7-11(2)3/h6,10-11,15H,5,7-9H2,1-4H3. The number of nitrogens with one attached hydrogen (secondary N) is 1. The van der Waals surface area contributed by atoms with E-state index in [9.17, 15) is 0 Å². The molecule has 6 nitrogen and oxygen atoms in total. The molecule has 0 fully saturated rings. The maximum Gasteiger partial charge on any atom is 0.164 e. The quantitative estimate of drug-likeness (QED) is 0.829. The van der Waals surface area contributed by atoms with Crippen molar-refractivity contribution in [3.63, 3.8) is 0 Å². The predicted octanol–water partition coefficient (Wildman–Crippen LogP) is 1.37. The Morgan fingerprint density at radius 2 is 2.10 bits per heavy atom. The highest BCUT2D eigenvalue weighted by molar-refractivity contribution is 5.10. The molecular weight excluding hydrogens is 252 g/mol. The zero-order chi connectivity index (χ0) is 14.5. The molecular formula is C14H24N6. The topological polar surface area (TPSA) is 60.6 Å². The van der Waals surface area contributed by atoms with Crippen LogP contribution in [0.2, 0.25) is 0 Å². The van der Waals surface area contributed by atoms with Gasteiger partial charge in [0.15, 0.2) is 5.82 Å². The first-order valence-corrected chi connectivity index (χ1v) is 7.19. The van der Waals surface area contributed by atoms with E-state index in [0.29, 0.717) is 12.5 Å². The molecule has 0 aliphatic carbocycles. The van der Waals surface area contributed by atoms with E-state index in [1.807, 2.05) is 16.4 Å². The molecule has 20 heavy (non-hydrogen) atoms. The molecule has 0 spiro atoms. The zero-order valence-electron chi connectivity index (χ0n) is 12.8. The number of nitrogens with zero attached hydrogens (tertiary/aromatic N) is 5. The van der Waals surface area contributed by atoms with Gasteiger partial charge in [-0.2, -0.15) is 10.2 Å². The van der Waals surface area contributed by atoms with Crippen LogP contribution in [0, 0.1) is 5.92 Å². The Hall–Kier alpha value is -1.69. The second kappa shape index (κ2) is 6.65. The van der Waals surface area contributed by atoms with Gasteiger partial charge in [0.25, 0.3) is 0 Å². The zero-order valence-corrected chi connectivity index (χ0v) is 12.8. The fourth-order valence-corrected chi connectivity index (χ4v) is 2.02. The van der Waals surface area contributed by atoms with E-state index in [1.165, 1.54) is 0 Å². The molecule has 2 heterocycles. The smallest absolute Gasteiger partial charge is 0.164 e. The molecule has 0 amide bonds. The van der Waals surface area contributed by atoms with Crippen molar-refractivity contribution in [2.24, 2.45) is 13.0 Å². The number of aromatic nitrogens is 5. The summed E-state index contributed by atoms with van der Waals surface area (Å²) in [7, 11) is 1.97. The normalized spacial score (nSPS) is 11.4. The SMILES string of the molecule is CCc1cc(Cn2cnc(CNCC(C)C)n2)n(C)n1. The van der Waals surface area contributed by atoms with E-state index >= 15 is 0 Å². The molecule has 2 rings (SSSR count). The van der Waals surface area contributed by atoms with Crippen LogP contribution in [0.25, 0.3) is 0 Å². The van der Waals surface area contributed by atoms with Crippen molar-refractivity contribution in [2.75, 3.05) is 6.54 Å². The first-order valence-electron chi connectivity index (χ1n) is 7.19. The van der Waals surface area contributed by atoms with E-state index < -0.39 is 0 Å². The molecule has 0 bridgehead atoms. The Balaban J connectivity index is 1.93. The van der Waals surface area contributed by atoms with Gasteiger partial charge in [-0.1, -0.05) is 20.8 Å². The van der Waals surface area contributed by atoms with Gasteiger partial charge in [-0.05, 0) is 24.9 Å². The fourth-order valence-electron chi connectivity index (χ4n) is 2.02. The fraction of sp³-hybridized carbons (Fsp3) is 0.643. The molecule has 6 heteroatoms. The van der Waals surface area contributed by atoms with Gasteiger partial charge in [0.1, 0.15) is 6.33 Å². The minimum Gasteiger partial charge on any atom is -0.310 e. The lowest BCUT2D eigenvalue weighted by atomic mass is 10.2. The largest absolute Gasteiger partial charge is 0.310 e. The van der Waals surface area contributed by atoms with Crippen molar-refractivity contribution in [1.29, 1.82) is 0 Å². The molecule has 0 unspecified atom stereocenters. The van der Waals surface area contributed by atoms with Gasteiger partial charge in [0.05, 0.1) is 24.5 Å². The monoisotopic (exact) mass is 276 g/mol. The highest BCUT2D eigenvalue weighted by atomic mass is 15.4. The average molecular weight is 276 g/mol. The Morgan fingerprint density at radius 3 is 2.75 bits per heavy atom. The summed E-state index contributed by atoms with van der Waals surface area (Å²) in [5.74, 6) is 1.47. The summed E-state index contributed by atoms with van der Waals surface area (Å²) < 4.78 is 3.78. The molecule has 1 N–H and O–H groups in total. The van der Waals surface area contributed by atoms with Crippen molar-refractivity contribution in [3.05, 3.63) is 29.6 Å². The Morgan fingerprint density at radius 1 is 1.30 bits per heavy atom. The summed E-state index contributed by atoms with van der Waals surface area (Å²) in [5.41, 5.74) is 2.26. The summed E-state index contributed by atoms with van der Waals surface area (Å²) in [6.07, 6.45) is 2.74. The van der Waals surface area contributed by atoms with Crippen LogP contribution in [0.4, 0.5) is 0 Å². The summed E-state index contributed by atoms with van der Waals surface area (Å²) in [6, 6.07) is 2.12. The molecule has 0 saturated carbocycles. The molecule has 0 saturated heterocycles. The number of hydrogen-bond donors (Lipinski definition) is 1. The van der Waals surface area contributed by atoms with Crippen LogP contribution in [0.1, 0.15) is 38.0 Å². The molecule has 0 radical (unpaired) electrons. The van der Waals surface area contributed by atoms with Crippen LogP contribution >= 0.6 is 0 Å². The van der Waals surface area contributed by atoms with E-state index in [4.69, 9.17) is 0 Å². The second-order valence-electron chi connectivity index (χ2n) is 5.49. The maximum absolute atomic E-state index is 4.48. The highest BCUT2D eigenvalue weighted by Gasteiger charge is 2.07. The Labute approximate surface area is 120 Å². The van der Waals surface area contributed by atoms with E-state index in [2.05, 4.69) is 47.3 Å². The van der Waals surface area contributed by atoms with Gasteiger partial charge in [-0.25, -0.2) is 9.67 Å². The predicted molar refractivity (Wildman–Crippen MR) is 78.3 cm³/mol. The van der Waals surface area contributed by atoms with Crippen molar-refractivity contribution in [3.8, 4) is 0 Å². The Bertz CT molecular complexity index is 540. The minimum atomic E-state index is 0.638. The van der Waals surface area contributed by atoms with Crippen molar-refractivity contribution in [1.82, 2.24) is 29.9 Å². The van der Waals surface area contributed by atoms with Gasteiger partial charge >= 0.3 is 0 Å². The lowest BCUT2D eigenvalue weighted by Crippen LogP contribution is -2.19. The molecule has 110 valence electrons. The number of hydrogen-bond acceptors (Lipinski definition) is 4. The first-order chi connectivity index (χ1) is 9.58. The van der Waals surface area contributed by atoms with Crippen LogP contribution in [0.5, 0.6) is 0 Å². The third kappa shape index (κ3) is 3.90. The minimum absolute atomic E-state index is 0.638. The summed E-state index contributed by atoms with van der Waals surface area (Å²) in [6.45, 7) is 8.90. The van der Waals surface area contributed by atoms with E-state index in [0.717, 1.165) is 36.7 Å². The third-order valence-corrected chi connectivity index (χ3v) is 3.13. The van der Waals surface area contributed by atoms with Crippen molar-refractivity contribution < 1.29 is 0 Å².